The molecule has 0 aliphatic carbocycles. The maximum atomic E-state index is 6.30. The lowest BCUT2D eigenvalue weighted by atomic mass is 9.49. The summed E-state index contributed by atoms with van der Waals surface area (Å²) in [4.78, 5) is 29.3. The first-order valence-corrected chi connectivity index (χ1v) is 34.7. The van der Waals surface area contributed by atoms with Crippen LogP contribution in [-0.4, -0.2) is 84.6 Å². The minimum absolute atomic E-state index is 0.360. The molecule has 15 rings (SSSR count). The molecule has 3 saturated heterocycles. The van der Waals surface area contributed by atoms with E-state index in [2.05, 4.69) is 226 Å². The fourth-order valence-corrected chi connectivity index (χ4v) is 12.1. The van der Waals surface area contributed by atoms with Crippen molar-refractivity contribution in [2.24, 2.45) is 0 Å². The Balaban J connectivity index is 0.000000146. The normalized spacial score (nSPS) is 16.6. The van der Waals surface area contributed by atoms with Crippen molar-refractivity contribution in [1.29, 1.82) is 0 Å². The van der Waals surface area contributed by atoms with Crippen LogP contribution in [-0.2, 0) is 27.9 Å². The number of hydrogen-bond acceptors (Lipinski definition) is 12. The van der Waals surface area contributed by atoms with Gasteiger partial charge in [0, 0.05) is 37.9 Å². The van der Waals surface area contributed by atoms with Crippen LogP contribution in [0, 0.1) is 0 Å². The molecule has 16 heteroatoms. The zero-order valence-electron chi connectivity index (χ0n) is 58.6. The highest BCUT2D eigenvalue weighted by Crippen LogP contribution is 2.44. The van der Waals surface area contributed by atoms with Crippen molar-refractivity contribution in [2.45, 2.75) is 117 Å². The molecular weight excluding hydrogens is 1300 g/mol. The van der Waals surface area contributed by atoms with Gasteiger partial charge in [-0.3, -0.25) is 0 Å². The molecule has 3 aliphatic heterocycles. The summed E-state index contributed by atoms with van der Waals surface area (Å²) in [5.74, 6) is 3.86. The lowest BCUT2D eigenvalue weighted by Gasteiger charge is -2.32. The Hall–Kier alpha value is -9.35. The summed E-state index contributed by atoms with van der Waals surface area (Å²) in [6, 6.07) is 90.9. The minimum atomic E-state index is -0.476. The summed E-state index contributed by atoms with van der Waals surface area (Å²) in [7, 11) is -1.36. The number of hydrogen-bond donors (Lipinski definition) is 0. The van der Waals surface area contributed by atoms with Gasteiger partial charge in [-0.05, 0) is 145 Å². The predicted molar refractivity (Wildman–Crippen MR) is 410 cm³/mol. The highest BCUT2D eigenvalue weighted by atomic mass is 79.9. The van der Waals surface area contributed by atoms with Gasteiger partial charge >= 0.3 is 21.1 Å². The second-order valence-corrected chi connectivity index (χ2v) is 29.3. The zero-order chi connectivity index (χ0) is 70.0. The Morgan fingerprint density at radius 1 is 0.220 bits per heavy atom. The van der Waals surface area contributed by atoms with Gasteiger partial charge in [0.2, 0.25) is 0 Å². The van der Waals surface area contributed by atoms with Gasteiger partial charge in [-0.15, -0.1) is 0 Å². The van der Waals surface area contributed by atoms with Crippen LogP contribution in [0.4, 0.5) is 0 Å². The lowest BCUT2D eigenvalue weighted by Crippen LogP contribution is -2.41. The first-order chi connectivity index (χ1) is 47.9. The van der Waals surface area contributed by atoms with E-state index in [1.54, 1.807) is 0 Å². The number of benzene rings is 10. The molecule has 0 saturated carbocycles. The molecule has 0 radical (unpaired) electrons. The Morgan fingerprint density at radius 2 is 0.430 bits per heavy atom. The first-order valence-electron chi connectivity index (χ1n) is 34.0. The predicted octanol–water partition coefficient (Wildman–Crippen LogP) is 19.7. The summed E-state index contributed by atoms with van der Waals surface area (Å²) >= 11 is 3.56. The molecule has 5 heterocycles. The molecule has 0 unspecified atom stereocenters. The molecule has 12 nitrogen and oxygen atoms in total. The summed E-state index contributed by atoms with van der Waals surface area (Å²) in [5.41, 5.74) is 13.6. The van der Waals surface area contributed by atoms with Crippen molar-refractivity contribution in [3.05, 3.63) is 271 Å². The highest BCUT2D eigenvalue weighted by Gasteiger charge is 2.64. The van der Waals surface area contributed by atoms with Crippen LogP contribution in [0.3, 0.4) is 0 Å². The molecule has 0 spiro atoms. The molecule has 3 fully saturated rings. The van der Waals surface area contributed by atoms with Crippen molar-refractivity contribution >= 4 is 42.5 Å². The smallest absolute Gasteiger partial charge is 0.405 e. The van der Waals surface area contributed by atoms with Crippen LogP contribution in [0.5, 0.6) is 0 Å². The molecular formula is C84H80B3BrN6O6. The standard InChI is InChI=1S/C39H34BN3O2.C33H22BrN3.C12H24B2O4/c1-38(2)39(3,4)45-40(44-38)34-17-11-16-33(26-34)29-20-24-32(25-21-29)37-42-35(30-14-9-6-10-15-30)41-36(43-37)31-22-18-28(19-23-31)27-12-7-5-8-13-27;34-30-13-7-12-29(22-30)25-16-20-28(21-17-25)33-36-31(26-10-5-2-6-11-26)35-32(37-33)27-18-14-24(15-19-27)23-8-3-1-4-9-23;1-9(2)10(3,4)16-13(15-9)14-17-11(5,6)12(7,8)18-14/h5-26H,1-4H3;1-22H;1-8H3. The largest absolute Gasteiger partial charge is 0.494 e. The SMILES string of the molecule is Brc1cccc(-c2ccc(-c3nc(-c4ccccc4)nc(-c4ccc(-c5ccccc5)cc4)n3)cc2)c1.CC1(C)OB(B2OC(C)(C)C(C)(C)O2)OC1(C)C.CC1(C)OB(c2cccc(-c3ccc(-c4nc(-c5ccccc5)nc(-c5ccc(-c6ccccc6)cc5)n4)cc3)c2)OC1(C)C. The van der Waals surface area contributed by atoms with E-state index in [1.807, 2.05) is 140 Å². The number of rotatable bonds is 12. The molecule has 100 heavy (non-hydrogen) atoms. The van der Waals surface area contributed by atoms with Gasteiger partial charge in [-0.1, -0.05) is 271 Å². The fourth-order valence-electron chi connectivity index (χ4n) is 11.7. The first kappa shape index (κ1) is 69.1. The van der Waals surface area contributed by atoms with Crippen LogP contribution in [0.1, 0.15) is 83.1 Å². The van der Waals surface area contributed by atoms with E-state index < -0.39 is 21.1 Å². The van der Waals surface area contributed by atoms with Gasteiger partial charge < -0.3 is 27.9 Å². The van der Waals surface area contributed by atoms with Gasteiger partial charge in [0.15, 0.2) is 34.9 Å². The van der Waals surface area contributed by atoms with E-state index in [1.165, 1.54) is 11.1 Å². The van der Waals surface area contributed by atoms with Gasteiger partial charge in [-0.25, -0.2) is 29.9 Å². The number of aromatic nitrogens is 6. The van der Waals surface area contributed by atoms with E-state index in [0.717, 1.165) is 76.7 Å². The Labute approximate surface area is 597 Å². The van der Waals surface area contributed by atoms with E-state index in [-0.39, 0.29) is 33.6 Å². The zero-order valence-corrected chi connectivity index (χ0v) is 60.2. The lowest BCUT2D eigenvalue weighted by molar-refractivity contribution is 0.00578. The third-order valence-electron chi connectivity index (χ3n) is 19.8. The highest BCUT2D eigenvalue weighted by molar-refractivity contribution is 9.10. The number of nitrogens with zero attached hydrogens (tertiary/aromatic N) is 6. The van der Waals surface area contributed by atoms with Crippen LogP contribution in [0.15, 0.2) is 271 Å². The van der Waals surface area contributed by atoms with Gasteiger partial charge in [0.1, 0.15) is 0 Å². The topological polar surface area (TPSA) is 133 Å². The molecule has 0 bridgehead atoms. The van der Waals surface area contributed by atoms with Crippen molar-refractivity contribution in [1.82, 2.24) is 29.9 Å². The summed E-state index contributed by atoms with van der Waals surface area (Å²) in [5, 5.41) is 0. The van der Waals surface area contributed by atoms with Crippen molar-refractivity contribution in [3.8, 4) is 113 Å². The molecule has 0 N–H and O–H groups in total. The fraction of sp³-hybridized carbons (Fsp3) is 0.214. The second-order valence-electron chi connectivity index (χ2n) is 28.4. The Bertz CT molecular complexity index is 4720. The Kier molecular flexibility index (Phi) is 19.6. The average Bonchev–Trinajstić information content (AvgIpc) is 1.60. The van der Waals surface area contributed by atoms with Crippen molar-refractivity contribution < 1.29 is 27.9 Å². The minimum Gasteiger partial charge on any atom is -0.405 e. The van der Waals surface area contributed by atoms with Crippen LogP contribution < -0.4 is 5.46 Å². The Morgan fingerprint density at radius 3 is 0.720 bits per heavy atom. The monoisotopic (exact) mass is 1380 g/mol. The maximum absolute atomic E-state index is 6.30. The summed E-state index contributed by atoms with van der Waals surface area (Å²) in [6.45, 7) is 24.5. The third-order valence-corrected chi connectivity index (χ3v) is 20.3. The molecule has 0 amide bonds. The van der Waals surface area contributed by atoms with E-state index in [0.29, 0.717) is 34.9 Å². The summed E-state index contributed by atoms with van der Waals surface area (Å²) < 4.78 is 37.5. The molecule has 2 aromatic heterocycles. The van der Waals surface area contributed by atoms with Crippen LogP contribution >= 0.6 is 15.9 Å². The molecule has 0 atom stereocenters. The molecule has 498 valence electrons. The van der Waals surface area contributed by atoms with Gasteiger partial charge in [0.05, 0.1) is 33.6 Å². The quantitative estimate of drug-likeness (QED) is 0.108. The van der Waals surface area contributed by atoms with E-state index >= 15 is 0 Å². The number of halogens is 1. The maximum Gasteiger partial charge on any atom is 0.494 e. The molecule has 12 aromatic rings. The van der Waals surface area contributed by atoms with E-state index in [9.17, 15) is 0 Å². The molecule has 10 aromatic carbocycles. The van der Waals surface area contributed by atoms with Gasteiger partial charge in [0.25, 0.3) is 0 Å². The average molecular weight is 1380 g/mol. The van der Waals surface area contributed by atoms with Crippen molar-refractivity contribution in [2.75, 3.05) is 0 Å². The van der Waals surface area contributed by atoms with Gasteiger partial charge in [-0.2, -0.15) is 0 Å². The summed E-state index contributed by atoms with van der Waals surface area (Å²) in [6.07, 6.45) is 0. The van der Waals surface area contributed by atoms with Crippen molar-refractivity contribution in [3.63, 3.8) is 0 Å². The third kappa shape index (κ3) is 15.2. The molecule has 3 aliphatic rings. The van der Waals surface area contributed by atoms with Crippen LogP contribution in [0.2, 0.25) is 0 Å². The second kappa shape index (κ2) is 28.4. The van der Waals surface area contributed by atoms with E-state index in [4.69, 9.17) is 57.8 Å². The van der Waals surface area contributed by atoms with Crippen LogP contribution in [0.25, 0.3) is 113 Å².